The summed E-state index contributed by atoms with van der Waals surface area (Å²) in [5.41, 5.74) is 1.44. The molecule has 0 saturated heterocycles. The van der Waals surface area contributed by atoms with Crippen LogP contribution < -0.4 is 15.2 Å². The molecule has 0 radical (unpaired) electrons. The Labute approximate surface area is 104 Å². The number of carbonyl (C=O) groups excluding carboxylic acids is 1. The van der Waals surface area contributed by atoms with E-state index in [1.165, 1.54) is 6.21 Å². The second-order valence-electron chi connectivity index (χ2n) is 3.92. The van der Waals surface area contributed by atoms with Crippen molar-refractivity contribution in [3.8, 4) is 5.75 Å². The molecule has 0 saturated carbocycles. The third-order valence-corrected chi connectivity index (χ3v) is 2.50. The Morgan fingerprint density at radius 1 is 1.39 bits per heavy atom. The normalized spacial score (nSPS) is 21.6. The Morgan fingerprint density at radius 2 is 2.06 bits per heavy atom. The summed E-state index contributed by atoms with van der Waals surface area (Å²) in [6, 6.07) is 7.25. The summed E-state index contributed by atoms with van der Waals surface area (Å²) in [5, 5.41) is 12.6. The van der Waals surface area contributed by atoms with Crippen LogP contribution in [0.3, 0.4) is 0 Å². The van der Waals surface area contributed by atoms with Gasteiger partial charge in [0.25, 0.3) is 0 Å². The van der Waals surface area contributed by atoms with Gasteiger partial charge in [0, 0.05) is 12.5 Å². The van der Waals surface area contributed by atoms with Gasteiger partial charge in [-0.3, -0.25) is 0 Å². The molecule has 1 unspecified atom stereocenters. The highest BCUT2D eigenvalue weighted by molar-refractivity contribution is 6.39. The zero-order chi connectivity index (χ0) is 13.2. The predicted molar refractivity (Wildman–Crippen MR) is 65.0 cm³/mol. The average Bonchev–Trinajstić information content (AvgIpc) is 2.70. The van der Waals surface area contributed by atoms with Crippen molar-refractivity contribution in [2.75, 3.05) is 7.11 Å². The summed E-state index contributed by atoms with van der Waals surface area (Å²) >= 11 is 0. The second kappa shape index (κ2) is 4.48. The van der Waals surface area contributed by atoms with E-state index in [1.807, 2.05) is 12.1 Å². The SMILES string of the molecule is COc1ccc(C2=NC(C)(NC(=O)[O-])N=C2)cc1. The summed E-state index contributed by atoms with van der Waals surface area (Å²) in [4.78, 5) is 18.7. The molecule has 1 heterocycles. The van der Waals surface area contributed by atoms with Crippen LogP contribution in [0.2, 0.25) is 0 Å². The Kier molecular flexibility index (Phi) is 3.01. The van der Waals surface area contributed by atoms with Crippen LogP contribution >= 0.6 is 0 Å². The van der Waals surface area contributed by atoms with Gasteiger partial charge in [-0.05, 0) is 24.3 Å². The van der Waals surface area contributed by atoms with Crippen molar-refractivity contribution in [2.24, 2.45) is 9.98 Å². The molecule has 1 aliphatic rings. The van der Waals surface area contributed by atoms with Crippen LogP contribution in [0.25, 0.3) is 0 Å². The van der Waals surface area contributed by atoms with E-state index in [0.29, 0.717) is 5.71 Å². The largest absolute Gasteiger partial charge is 0.530 e. The summed E-state index contributed by atoms with van der Waals surface area (Å²) < 4.78 is 5.05. The predicted octanol–water partition coefficient (Wildman–Crippen LogP) is 0.175. The molecule has 1 amide bonds. The fraction of sp³-hybridized carbons (Fsp3) is 0.250. The number of amides is 1. The summed E-state index contributed by atoms with van der Waals surface area (Å²) in [7, 11) is 1.59. The molecule has 0 aliphatic carbocycles. The molecule has 1 N–H and O–H groups in total. The van der Waals surface area contributed by atoms with E-state index in [4.69, 9.17) is 4.74 Å². The van der Waals surface area contributed by atoms with Gasteiger partial charge >= 0.3 is 0 Å². The first-order chi connectivity index (χ1) is 8.52. The first kappa shape index (κ1) is 12.1. The van der Waals surface area contributed by atoms with Gasteiger partial charge < -0.3 is 20.0 Å². The lowest BCUT2D eigenvalue weighted by atomic mass is 10.1. The van der Waals surface area contributed by atoms with Crippen LogP contribution in [0.1, 0.15) is 12.5 Å². The van der Waals surface area contributed by atoms with Crippen LogP contribution in [0.15, 0.2) is 34.3 Å². The molecule has 1 aromatic carbocycles. The van der Waals surface area contributed by atoms with Gasteiger partial charge in [-0.2, -0.15) is 0 Å². The maximum atomic E-state index is 10.5. The van der Waals surface area contributed by atoms with Crippen molar-refractivity contribution in [1.82, 2.24) is 5.32 Å². The highest BCUT2D eigenvalue weighted by atomic mass is 16.5. The Hall–Kier alpha value is -2.37. The van der Waals surface area contributed by atoms with E-state index in [-0.39, 0.29) is 0 Å². The van der Waals surface area contributed by atoms with Crippen LogP contribution in [0, 0.1) is 0 Å². The van der Waals surface area contributed by atoms with E-state index in [2.05, 4.69) is 15.3 Å². The third kappa shape index (κ3) is 2.48. The number of ether oxygens (including phenoxy) is 1. The topological polar surface area (TPSA) is 86.1 Å². The molecule has 94 valence electrons. The highest BCUT2D eigenvalue weighted by Gasteiger charge is 2.26. The molecule has 6 heteroatoms. The van der Waals surface area contributed by atoms with Crippen molar-refractivity contribution < 1.29 is 14.6 Å². The lowest BCUT2D eigenvalue weighted by Crippen LogP contribution is -2.48. The molecule has 1 aliphatic heterocycles. The molecule has 0 fully saturated rings. The number of nitrogens with one attached hydrogen (secondary N) is 1. The van der Waals surface area contributed by atoms with E-state index in [9.17, 15) is 9.90 Å². The molecule has 1 atom stereocenters. The number of aliphatic imine (C=N–C) groups is 2. The molecule has 0 spiro atoms. The molecular weight excluding hydrogens is 234 g/mol. The monoisotopic (exact) mass is 246 g/mol. The Morgan fingerprint density at radius 3 is 2.61 bits per heavy atom. The lowest BCUT2D eigenvalue weighted by Gasteiger charge is -2.20. The van der Waals surface area contributed by atoms with Gasteiger partial charge in [0.1, 0.15) is 11.8 Å². The molecule has 0 aromatic heterocycles. The quantitative estimate of drug-likeness (QED) is 0.825. The molecule has 6 nitrogen and oxygen atoms in total. The first-order valence-corrected chi connectivity index (χ1v) is 5.31. The smallest absolute Gasteiger partial charge is 0.223 e. The van der Waals surface area contributed by atoms with Gasteiger partial charge in [-0.25, -0.2) is 9.98 Å². The van der Waals surface area contributed by atoms with E-state index in [1.54, 1.807) is 26.2 Å². The van der Waals surface area contributed by atoms with Crippen molar-refractivity contribution >= 4 is 18.0 Å². The zero-order valence-electron chi connectivity index (χ0n) is 10.0. The number of rotatable bonds is 3. The average molecular weight is 246 g/mol. The summed E-state index contributed by atoms with van der Waals surface area (Å²) in [6.07, 6.45) is 0.118. The van der Waals surface area contributed by atoms with Gasteiger partial charge in [0.05, 0.1) is 19.0 Å². The summed E-state index contributed by atoms with van der Waals surface area (Å²) in [5.74, 6) is -0.460. The number of carboxylic acid groups (broad SMARTS) is 1. The fourth-order valence-corrected chi connectivity index (χ4v) is 1.63. The Balaban J connectivity index is 2.22. The molecular formula is C12H12N3O3-. The molecule has 1 aromatic rings. The van der Waals surface area contributed by atoms with E-state index >= 15 is 0 Å². The second-order valence-corrected chi connectivity index (χ2v) is 3.92. The van der Waals surface area contributed by atoms with E-state index < -0.39 is 11.9 Å². The standard InChI is InChI=1S/C12H13N3O3/c1-12(15-11(16)17)13-7-10(14-12)8-3-5-9(18-2)6-4-8/h3-7,15H,1-2H3,(H,16,17)/p-1. The number of carbonyl (C=O) groups is 1. The number of benzene rings is 1. The van der Waals surface area contributed by atoms with Crippen LogP contribution in [0.5, 0.6) is 5.75 Å². The van der Waals surface area contributed by atoms with Crippen LogP contribution in [0.4, 0.5) is 4.79 Å². The van der Waals surface area contributed by atoms with Crippen molar-refractivity contribution in [3.63, 3.8) is 0 Å². The minimum atomic E-state index is -1.41. The summed E-state index contributed by atoms with van der Waals surface area (Å²) in [6.45, 7) is 1.55. The molecule has 0 bridgehead atoms. The number of nitrogens with zero attached hydrogens (tertiary/aromatic N) is 2. The Bertz CT molecular complexity index is 522. The van der Waals surface area contributed by atoms with Gasteiger partial charge in [0.15, 0.2) is 0 Å². The van der Waals surface area contributed by atoms with Crippen molar-refractivity contribution in [3.05, 3.63) is 29.8 Å². The number of hydrogen-bond donors (Lipinski definition) is 1. The maximum Gasteiger partial charge on any atom is 0.223 e. The van der Waals surface area contributed by atoms with Crippen LogP contribution in [-0.2, 0) is 0 Å². The first-order valence-electron chi connectivity index (χ1n) is 5.31. The van der Waals surface area contributed by atoms with Gasteiger partial charge in [-0.15, -0.1) is 0 Å². The zero-order valence-corrected chi connectivity index (χ0v) is 10.0. The fourth-order valence-electron chi connectivity index (χ4n) is 1.63. The minimum Gasteiger partial charge on any atom is -0.530 e. The van der Waals surface area contributed by atoms with Crippen molar-refractivity contribution in [2.45, 2.75) is 12.7 Å². The number of hydrogen-bond acceptors (Lipinski definition) is 5. The molecule has 2 rings (SSSR count). The van der Waals surface area contributed by atoms with Gasteiger partial charge in [0.2, 0.25) is 5.79 Å². The van der Waals surface area contributed by atoms with E-state index in [0.717, 1.165) is 11.3 Å². The molecule has 18 heavy (non-hydrogen) atoms. The highest BCUT2D eigenvalue weighted by Crippen LogP contribution is 2.18. The maximum absolute atomic E-state index is 10.5. The van der Waals surface area contributed by atoms with Crippen LogP contribution in [-0.4, -0.2) is 30.9 Å². The van der Waals surface area contributed by atoms with Gasteiger partial charge in [-0.1, -0.05) is 0 Å². The third-order valence-electron chi connectivity index (χ3n) is 2.50. The lowest BCUT2D eigenvalue weighted by molar-refractivity contribution is -0.252. The van der Waals surface area contributed by atoms with Crippen molar-refractivity contribution in [1.29, 1.82) is 0 Å². The number of methoxy groups -OCH3 is 1. The minimum absolute atomic E-state index is 0.605.